The molecule has 0 atom stereocenters. The summed E-state index contributed by atoms with van der Waals surface area (Å²) in [6.07, 6.45) is 3.19. The second-order valence-electron chi connectivity index (χ2n) is 4.55. The summed E-state index contributed by atoms with van der Waals surface area (Å²) >= 11 is 0. The molecule has 0 aliphatic heterocycles. The van der Waals surface area contributed by atoms with Gasteiger partial charge in [0.05, 0.1) is 6.20 Å². The van der Waals surface area contributed by atoms with E-state index in [1.54, 1.807) is 40.9 Å². The van der Waals surface area contributed by atoms with Crippen molar-refractivity contribution in [1.82, 2.24) is 9.38 Å². The van der Waals surface area contributed by atoms with E-state index >= 15 is 0 Å². The third-order valence-electron chi connectivity index (χ3n) is 3.21. The van der Waals surface area contributed by atoms with Crippen LogP contribution in [-0.2, 0) is 0 Å². The number of rotatable bonds is 3. The van der Waals surface area contributed by atoms with Gasteiger partial charge in [-0.3, -0.25) is 14.0 Å². The van der Waals surface area contributed by atoms with Gasteiger partial charge in [0.25, 0.3) is 5.78 Å². The van der Waals surface area contributed by atoms with Crippen LogP contribution in [0.15, 0.2) is 54.9 Å². The van der Waals surface area contributed by atoms with Crippen LogP contribution in [0.25, 0.3) is 5.65 Å². The second-order valence-corrected chi connectivity index (χ2v) is 4.55. The molecule has 0 aliphatic carbocycles. The normalized spacial score (nSPS) is 10.7. The number of imidazole rings is 1. The number of carbonyl (C=O) groups is 2. The largest absolute Gasteiger partial charge is 0.296 e. The molecule has 0 amide bonds. The maximum atomic E-state index is 12.3. The molecule has 98 valence electrons. The van der Waals surface area contributed by atoms with Crippen molar-refractivity contribution in [2.75, 3.05) is 0 Å². The molecule has 4 nitrogen and oxygen atoms in total. The minimum Gasteiger partial charge on any atom is -0.296 e. The quantitative estimate of drug-likeness (QED) is 0.540. The molecule has 0 fully saturated rings. The molecule has 0 saturated heterocycles. The van der Waals surface area contributed by atoms with Gasteiger partial charge in [-0.1, -0.05) is 36.4 Å². The number of nitrogens with zero attached hydrogens (tertiary/aromatic N) is 2. The molecule has 0 radical (unpaired) electrons. The summed E-state index contributed by atoms with van der Waals surface area (Å²) in [5.74, 6) is -1.07. The summed E-state index contributed by atoms with van der Waals surface area (Å²) in [6.45, 7) is 1.91. The minimum absolute atomic E-state index is 0.289. The molecule has 1 aromatic carbocycles. The smallest absolute Gasteiger partial charge is 0.251 e. The van der Waals surface area contributed by atoms with Crippen LogP contribution < -0.4 is 0 Å². The number of benzene rings is 1. The number of aryl methyl sites for hydroxylation is 1. The fourth-order valence-corrected chi connectivity index (χ4v) is 2.16. The second kappa shape index (κ2) is 4.74. The molecule has 2 aromatic heterocycles. The predicted molar refractivity (Wildman–Crippen MR) is 75.0 cm³/mol. The molecule has 3 rings (SSSR count). The van der Waals surface area contributed by atoms with E-state index in [0.717, 1.165) is 5.56 Å². The van der Waals surface area contributed by atoms with Crippen molar-refractivity contribution in [1.29, 1.82) is 0 Å². The predicted octanol–water partition coefficient (Wildman–Crippen LogP) is 2.71. The Bertz CT molecular complexity index is 804. The van der Waals surface area contributed by atoms with Crippen LogP contribution in [0.5, 0.6) is 0 Å². The van der Waals surface area contributed by atoms with Crippen molar-refractivity contribution in [3.8, 4) is 0 Å². The first-order valence-electron chi connectivity index (χ1n) is 6.25. The van der Waals surface area contributed by atoms with Crippen LogP contribution in [0.1, 0.15) is 26.4 Å². The van der Waals surface area contributed by atoms with Crippen LogP contribution in [0.2, 0.25) is 0 Å². The standard InChI is InChI=1S/C16H12N2O2/c1-11-6-5-9-18-13(10-17-16(11)18)15(20)14(19)12-7-3-2-4-8-12/h2-10H,1H3. The van der Waals surface area contributed by atoms with Gasteiger partial charge in [0.2, 0.25) is 5.78 Å². The SMILES string of the molecule is Cc1cccn2c(C(=O)C(=O)c3ccccc3)cnc12. The van der Waals surface area contributed by atoms with Gasteiger partial charge in [-0.05, 0) is 18.6 Å². The Morgan fingerprint density at radius 3 is 2.50 bits per heavy atom. The fraction of sp³-hybridized carbons (Fsp3) is 0.0625. The lowest BCUT2D eigenvalue weighted by Crippen LogP contribution is -2.16. The highest BCUT2D eigenvalue weighted by atomic mass is 16.2. The topological polar surface area (TPSA) is 51.4 Å². The number of fused-ring (bicyclic) bond motifs is 1. The Balaban J connectivity index is 2.06. The maximum Gasteiger partial charge on any atom is 0.251 e. The number of hydrogen-bond acceptors (Lipinski definition) is 3. The third-order valence-corrected chi connectivity index (χ3v) is 3.21. The molecule has 0 bridgehead atoms. The average Bonchev–Trinajstić information content (AvgIpc) is 2.92. The molecular formula is C16H12N2O2. The summed E-state index contributed by atoms with van der Waals surface area (Å²) in [5.41, 5.74) is 2.33. The van der Waals surface area contributed by atoms with E-state index in [-0.39, 0.29) is 5.69 Å². The van der Waals surface area contributed by atoms with Gasteiger partial charge in [-0.15, -0.1) is 0 Å². The fourth-order valence-electron chi connectivity index (χ4n) is 2.16. The lowest BCUT2D eigenvalue weighted by molar-refractivity contribution is 0.0813. The van der Waals surface area contributed by atoms with Gasteiger partial charge in [0.1, 0.15) is 11.3 Å². The molecule has 4 heteroatoms. The van der Waals surface area contributed by atoms with Crippen LogP contribution in [-0.4, -0.2) is 21.0 Å². The summed E-state index contributed by atoms with van der Waals surface area (Å²) in [7, 11) is 0. The third kappa shape index (κ3) is 1.91. The first-order valence-corrected chi connectivity index (χ1v) is 6.25. The van der Waals surface area contributed by atoms with Gasteiger partial charge >= 0.3 is 0 Å². The lowest BCUT2D eigenvalue weighted by Gasteiger charge is -2.02. The van der Waals surface area contributed by atoms with E-state index in [2.05, 4.69) is 4.98 Å². The molecule has 0 aliphatic rings. The van der Waals surface area contributed by atoms with E-state index in [1.165, 1.54) is 6.20 Å². The Kier molecular flexibility index (Phi) is 2.91. The molecule has 0 spiro atoms. The summed E-state index contributed by atoms with van der Waals surface area (Å²) < 4.78 is 1.65. The van der Waals surface area contributed by atoms with Crippen LogP contribution in [0, 0.1) is 6.92 Å². The number of hydrogen-bond donors (Lipinski definition) is 0. The molecule has 0 N–H and O–H groups in total. The maximum absolute atomic E-state index is 12.3. The van der Waals surface area contributed by atoms with Crippen molar-refractivity contribution in [2.45, 2.75) is 6.92 Å². The monoisotopic (exact) mass is 264 g/mol. The van der Waals surface area contributed by atoms with E-state index in [4.69, 9.17) is 0 Å². The zero-order valence-electron chi connectivity index (χ0n) is 10.9. The first kappa shape index (κ1) is 12.3. The van der Waals surface area contributed by atoms with Crippen LogP contribution in [0.3, 0.4) is 0 Å². The highest BCUT2D eigenvalue weighted by Gasteiger charge is 2.21. The summed E-state index contributed by atoms with van der Waals surface area (Å²) in [4.78, 5) is 28.7. The van der Waals surface area contributed by atoms with E-state index in [9.17, 15) is 9.59 Å². The van der Waals surface area contributed by atoms with E-state index in [1.807, 2.05) is 19.1 Å². The Morgan fingerprint density at radius 2 is 1.75 bits per heavy atom. The van der Waals surface area contributed by atoms with E-state index in [0.29, 0.717) is 11.2 Å². The number of aromatic nitrogens is 2. The van der Waals surface area contributed by atoms with Gasteiger partial charge in [0.15, 0.2) is 0 Å². The van der Waals surface area contributed by atoms with Crippen LogP contribution in [0.4, 0.5) is 0 Å². The number of carbonyl (C=O) groups excluding carboxylic acids is 2. The van der Waals surface area contributed by atoms with Crippen molar-refractivity contribution in [2.24, 2.45) is 0 Å². The molecule has 3 aromatic rings. The lowest BCUT2D eigenvalue weighted by atomic mass is 10.1. The van der Waals surface area contributed by atoms with Gasteiger partial charge < -0.3 is 0 Å². The van der Waals surface area contributed by atoms with Crippen molar-refractivity contribution in [3.63, 3.8) is 0 Å². The van der Waals surface area contributed by atoms with Gasteiger partial charge in [0, 0.05) is 11.8 Å². The van der Waals surface area contributed by atoms with Crippen molar-refractivity contribution >= 4 is 17.2 Å². The number of ketones is 2. The number of Topliss-reactive ketones (excluding diaryl/α,β-unsaturated/α-hetero) is 2. The van der Waals surface area contributed by atoms with Crippen molar-refractivity contribution in [3.05, 3.63) is 71.7 Å². The highest BCUT2D eigenvalue weighted by molar-refractivity contribution is 6.48. The van der Waals surface area contributed by atoms with E-state index < -0.39 is 11.6 Å². The average molecular weight is 264 g/mol. The Hall–Kier alpha value is -2.75. The molecule has 0 saturated carbocycles. The first-order chi connectivity index (χ1) is 9.68. The zero-order chi connectivity index (χ0) is 14.1. The van der Waals surface area contributed by atoms with Gasteiger partial charge in [-0.25, -0.2) is 4.98 Å². The molecule has 0 unspecified atom stereocenters. The summed E-state index contributed by atoms with van der Waals surface area (Å²) in [6, 6.07) is 12.3. The molecule has 2 heterocycles. The van der Waals surface area contributed by atoms with Crippen molar-refractivity contribution < 1.29 is 9.59 Å². The summed E-state index contributed by atoms with van der Waals surface area (Å²) in [5, 5.41) is 0. The zero-order valence-corrected chi connectivity index (χ0v) is 10.9. The molecule has 20 heavy (non-hydrogen) atoms. The van der Waals surface area contributed by atoms with Gasteiger partial charge in [-0.2, -0.15) is 0 Å². The van der Waals surface area contributed by atoms with Crippen LogP contribution >= 0.6 is 0 Å². The Morgan fingerprint density at radius 1 is 1.00 bits per heavy atom. The molecular weight excluding hydrogens is 252 g/mol. The number of pyridine rings is 1. The Labute approximate surface area is 115 Å². The highest BCUT2D eigenvalue weighted by Crippen LogP contribution is 2.13. The minimum atomic E-state index is -0.547.